The summed E-state index contributed by atoms with van der Waals surface area (Å²) < 4.78 is 13.1. The van der Waals surface area contributed by atoms with Crippen molar-refractivity contribution in [3.8, 4) is 0 Å². The summed E-state index contributed by atoms with van der Waals surface area (Å²) in [5.74, 6) is 3.35. The van der Waals surface area contributed by atoms with Gasteiger partial charge in [-0.1, -0.05) is 48.5 Å². The van der Waals surface area contributed by atoms with E-state index in [1.54, 1.807) is 0 Å². The minimum atomic E-state index is 0.298. The molecule has 2 radical (unpaired) electrons. The third kappa shape index (κ3) is 2.82. The van der Waals surface area contributed by atoms with Gasteiger partial charge in [-0.2, -0.15) is 0 Å². The molecule has 34 heavy (non-hydrogen) atoms. The molecule has 0 aromatic carbocycles. The molecular weight excluding hydrogens is 432 g/mol. The SMILES string of the molecule is C[Si]OC1CC[C@@]2(C)C(CC[C@]3(C)C2CCC2C4C5OCC4(CCC5(C)C)CC[C@]23C)C1(C)C. The van der Waals surface area contributed by atoms with Gasteiger partial charge < -0.3 is 9.16 Å². The molecule has 2 nitrogen and oxygen atoms in total. The van der Waals surface area contributed by atoms with Crippen LogP contribution >= 0.6 is 0 Å². The lowest BCUT2D eigenvalue weighted by Crippen LogP contribution is -2.67. The Hall–Kier alpha value is 0.137. The molecule has 10 atom stereocenters. The molecule has 7 unspecified atom stereocenters. The van der Waals surface area contributed by atoms with E-state index in [-0.39, 0.29) is 0 Å². The van der Waals surface area contributed by atoms with Crippen LogP contribution in [-0.4, -0.2) is 28.6 Å². The molecule has 6 rings (SSSR count). The normalized spacial score (nSPS) is 57.2. The van der Waals surface area contributed by atoms with Crippen molar-refractivity contribution in [2.45, 2.75) is 131 Å². The first-order chi connectivity index (χ1) is 15.9. The van der Waals surface area contributed by atoms with Crippen molar-refractivity contribution in [3.63, 3.8) is 0 Å². The predicted molar refractivity (Wildman–Crippen MR) is 141 cm³/mol. The Labute approximate surface area is 213 Å². The van der Waals surface area contributed by atoms with Crippen LogP contribution in [-0.2, 0) is 9.16 Å². The van der Waals surface area contributed by atoms with Gasteiger partial charge in [-0.25, -0.2) is 0 Å². The number of hydrogen-bond acceptors (Lipinski definition) is 2. The molecular formula is C31H52O2Si. The lowest BCUT2D eigenvalue weighted by molar-refractivity contribution is -0.250. The van der Waals surface area contributed by atoms with E-state index in [1.807, 2.05) is 0 Å². The van der Waals surface area contributed by atoms with Gasteiger partial charge in [-0.3, -0.25) is 0 Å². The summed E-state index contributed by atoms with van der Waals surface area (Å²) in [6, 6.07) is 0. The van der Waals surface area contributed by atoms with Gasteiger partial charge in [-0.05, 0) is 127 Å². The molecule has 0 aromatic rings. The van der Waals surface area contributed by atoms with Gasteiger partial charge in [0, 0.05) is 0 Å². The fourth-order valence-electron chi connectivity index (χ4n) is 12.3. The van der Waals surface area contributed by atoms with Crippen LogP contribution in [0.4, 0.5) is 0 Å². The lowest BCUT2D eigenvalue weighted by Gasteiger charge is -2.73. The molecule has 0 amide bonds. The lowest BCUT2D eigenvalue weighted by atomic mass is 9.31. The highest BCUT2D eigenvalue weighted by Gasteiger charge is 2.72. The molecule has 0 spiro atoms. The first kappa shape index (κ1) is 24.5. The first-order valence-electron chi connectivity index (χ1n) is 14.8. The van der Waals surface area contributed by atoms with Crippen LogP contribution < -0.4 is 0 Å². The Balaban J connectivity index is 1.36. The van der Waals surface area contributed by atoms with Gasteiger partial charge in [0.2, 0.25) is 9.76 Å². The second kappa shape index (κ2) is 7.37. The van der Waals surface area contributed by atoms with Crippen LogP contribution in [0.2, 0.25) is 6.55 Å². The van der Waals surface area contributed by atoms with Crippen LogP contribution in [0.15, 0.2) is 0 Å². The zero-order valence-electron chi connectivity index (χ0n) is 23.6. The highest BCUT2D eigenvalue weighted by molar-refractivity contribution is 6.24. The molecule has 6 fully saturated rings. The number of fused-ring (bicyclic) bond motifs is 5. The monoisotopic (exact) mass is 484 g/mol. The average Bonchev–Trinajstić information content (AvgIpc) is 3.10. The van der Waals surface area contributed by atoms with E-state index in [9.17, 15) is 0 Å². The third-order valence-electron chi connectivity index (χ3n) is 14.3. The van der Waals surface area contributed by atoms with Crippen LogP contribution in [0.25, 0.3) is 0 Å². The maximum Gasteiger partial charge on any atom is 0.226 e. The Morgan fingerprint density at radius 2 is 1.47 bits per heavy atom. The van der Waals surface area contributed by atoms with E-state index < -0.39 is 0 Å². The summed E-state index contributed by atoms with van der Waals surface area (Å²) in [7, 11) is 0.620. The highest BCUT2D eigenvalue weighted by atomic mass is 28.2. The molecule has 0 aromatic heterocycles. The number of ether oxygens (including phenoxy) is 1. The summed E-state index contributed by atoms with van der Waals surface area (Å²) in [5.41, 5.74) is 2.57. The Morgan fingerprint density at radius 1 is 0.735 bits per heavy atom. The molecule has 5 saturated carbocycles. The smallest absolute Gasteiger partial charge is 0.226 e. The van der Waals surface area contributed by atoms with Gasteiger partial charge >= 0.3 is 0 Å². The topological polar surface area (TPSA) is 18.5 Å². The number of hydrogen-bond donors (Lipinski definition) is 0. The van der Waals surface area contributed by atoms with E-state index in [0.717, 1.165) is 30.3 Å². The maximum absolute atomic E-state index is 6.75. The van der Waals surface area contributed by atoms with Crippen LogP contribution in [0.5, 0.6) is 0 Å². The van der Waals surface area contributed by atoms with Crippen molar-refractivity contribution in [1.82, 2.24) is 0 Å². The fraction of sp³-hybridized carbons (Fsp3) is 1.00. The fourth-order valence-corrected chi connectivity index (χ4v) is 13.0. The maximum atomic E-state index is 6.75. The van der Waals surface area contributed by atoms with Crippen LogP contribution in [0.3, 0.4) is 0 Å². The minimum absolute atomic E-state index is 0.298. The predicted octanol–water partition coefficient (Wildman–Crippen LogP) is 7.93. The van der Waals surface area contributed by atoms with Crippen LogP contribution in [0, 0.1) is 56.2 Å². The summed E-state index contributed by atoms with van der Waals surface area (Å²) >= 11 is 0. The van der Waals surface area contributed by atoms with Crippen molar-refractivity contribution in [2.24, 2.45) is 56.2 Å². The quantitative estimate of drug-likeness (QED) is 0.370. The number of rotatable bonds is 2. The second-order valence-corrected chi connectivity index (χ2v) is 16.6. The van der Waals surface area contributed by atoms with Crippen molar-refractivity contribution in [2.75, 3.05) is 6.61 Å². The summed E-state index contributed by atoms with van der Waals surface area (Å²) in [6.07, 6.45) is 15.0. The standard InChI is InChI=1S/C31H52O2Si/c1-26(2)15-17-31-18-16-29(6)20(24(31)25(26)32-19-31)9-10-22-28(5)13-12-23(33-34-8)27(3,4)21(28)11-14-30(22,29)7/h20-25H,9-19H2,1-8H3/t20?,21?,22?,23?,24?,25?,28-,29+,30+,31?/m0/s1. The first-order valence-corrected chi connectivity index (χ1v) is 16.2. The Bertz CT molecular complexity index is 837. The summed E-state index contributed by atoms with van der Waals surface area (Å²) in [5, 5.41) is 0. The van der Waals surface area contributed by atoms with E-state index in [4.69, 9.17) is 9.16 Å². The summed E-state index contributed by atoms with van der Waals surface area (Å²) in [4.78, 5) is 0. The molecule has 192 valence electrons. The van der Waals surface area contributed by atoms with E-state index in [2.05, 4.69) is 55.0 Å². The zero-order chi connectivity index (χ0) is 24.4. The van der Waals surface area contributed by atoms with Gasteiger partial charge in [0.15, 0.2) is 0 Å². The van der Waals surface area contributed by atoms with Gasteiger partial charge in [0.1, 0.15) is 0 Å². The Kier molecular flexibility index (Phi) is 5.31. The average molecular weight is 485 g/mol. The van der Waals surface area contributed by atoms with Crippen molar-refractivity contribution < 1.29 is 9.16 Å². The van der Waals surface area contributed by atoms with E-state index in [1.165, 1.54) is 64.2 Å². The molecule has 0 N–H and O–H groups in total. The largest absolute Gasteiger partial charge is 0.414 e. The van der Waals surface area contributed by atoms with Gasteiger partial charge in [-0.15, -0.1) is 0 Å². The molecule has 1 saturated heterocycles. The molecule has 1 heterocycles. The van der Waals surface area contributed by atoms with Crippen molar-refractivity contribution >= 4 is 9.76 Å². The van der Waals surface area contributed by atoms with Crippen molar-refractivity contribution in [3.05, 3.63) is 0 Å². The van der Waals surface area contributed by atoms with Gasteiger partial charge in [0.05, 0.1) is 18.8 Å². The molecule has 1 aliphatic heterocycles. The van der Waals surface area contributed by atoms with Crippen molar-refractivity contribution in [1.29, 1.82) is 0 Å². The highest BCUT2D eigenvalue weighted by Crippen LogP contribution is 2.78. The molecule has 6 aliphatic rings. The zero-order valence-corrected chi connectivity index (χ0v) is 24.6. The second-order valence-electron chi connectivity index (χ2n) is 15.9. The molecule has 3 heteroatoms. The third-order valence-corrected chi connectivity index (χ3v) is 14.9. The van der Waals surface area contributed by atoms with Crippen LogP contribution in [0.1, 0.15) is 113 Å². The van der Waals surface area contributed by atoms with Gasteiger partial charge in [0.25, 0.3) is 0 Å². The summed E-state index contributed by atoms with van der Waals surface area (Å²) in [6.45, 7) is 21.7. The van der Waals surface area contributed by atoms with E-state index >= 15 is 0 Å². The molecule has 5 aliphatic carbocycles. The Morgan fingerprint density at radius 3 is 2.21 bits per heavy atom. The van der Waals surface area contributed by atoms with E-state index in [0.29, 0.717) is 54.5 Å². The minimum Gasteiger partial charge on any atom is -0.414 e. The molecule has 2 bridgehead atoms.